The Hall–Kier alpha value is -2.47. The smallest absolute Gasteiger partial charge is 0.269 e. The standard InChI is InChI=1S/C15H14N4OS/c20-15(17-7-5-12-4-2-8-21-12)14-9-13(18-19-14)11-3-1-6-16-10-11/h1-4,6,8-10H,5,7H2,(H,17,20)(H,18,19). The summed E-state index contributed by atoms with van der Waals surface area (Å²) in [6.45, 7) is 0.612. The van der Waals surface area contributed by atoms with E-state index in [0.29, 0.717) is 17.9 Å². The van der Waals surface area contributed by atoms with Crippen LogP contribution < -0.4 is 5.32 Å². The summed E-state index contributed by atoms with van der Waals surface area (Å²) in [5, 5.41) is 11.8. The Labute approximate surface area is 126 Å². The third-order valence-electron chi connectivity index (χ3n) is 3.02. The molecule has 0 aliphatic heterocycles. The summed E-state index contributed by atoms with van der Waals surface area (Å²) in [5.41, 5.74) is 2.05. The first-order valence-corrected chi connectivity index (χ1v) is 7.47. The molecule has 0 bridgehead atoms. The second-order valence-electron chi connectivity index (χ2n) is 4.49. The van der Waals surface area contributed by atoms with Gasteiger partial charge in [0.2, 0.25) is 0 Å². The summed E-state index contributed by atoms with van der Waals surface area (Å²) >= 11 is 1.69. The number of amides is 1. The molecule has 106 valence electrons. The van der Waals surface area contributed by atoms with Crippen LogP contribution in [-0.2, 0) is 6.42 Å². The molecule has 5 nitrogen and oxygen atoms in total. The number of thiophene rings is 1. The van der Waals surface area contributed by atoms with Gasteiger partial charge in [0, 0.05) is 29.4 Å². The molecule has 1 amide bonds. The van der Waals surface area contributed by atoms with Crippen LogP contribution in [0.5, 0.6) is 0 Å². The van der Waals surface area contributed by atoms with Gasteiger partial charge in [-0.3, -0.25) is 14.9 Å². The lowest BCUT2D eigenvalue weighted by Gasteiger charge is -2.01. The summed E-state index contributed by atoms with van der Waals surface area (Å²) in [7, 11) is 0. The number of nitrogens with one attached hydrogen (secondary N) is 2. The van der Waals surface area contributed by atoms with Crippen molar-refractivity contribution in [1.82, 2.24) is 20.5 Å². The molecule has 0 spiro atoms. The maximum atomic E-state index is 12.0. The van der Waals surface area contributed by atoms with Gasteiger partial charge in [-0.15, -0.1) is 11.3 Å². The van der Waals surface area contributed by atoms with E-state index in [4.69, 9.17) is 0 Å². The Bertz CT molecular complexity index is 706. The molecule has 0 aliphatic rings. The van der Waals surface area contributed by atoms with Crippen molar-refractivity contribution in [3.8, 4) is 11.3 Å². The van der Waals surface area contributed by atoms with E-state index in [1.165, 1.54) is 4.88 Å². The van der Waals surface area contributed by atoms with Gasteiger partial charge in [-0.05, 0) is 36.1 Å². The van der Waals surface area contributed by atoms with Crippen LogP contribution in [0.4, 0.5) is 0 Å². The van der Waals surface area contributed by atoms with Gasteiger partial charge >= 0.3 is 0 Å². The number of pyridine rings is 1. The first-order valence-electron chi connectivity index (χ1n) is 6.59. The fourth-order valence-electron chi connectivity index (χ4n) is 1.95. The van der Waals surface area contributed by atoms with Crippen LogP contribution in [0.2, 0.25) is 0 Å². The molecule has 3 heterocycles. The fraction of sp³-hybridized carbons (Fsp3) is 0.133. The summed E-state index contributed by atoms with van der Waals surface area (Å²) in [6.07, 6.45) is 4.26. The molecule has 2 N–H and O–H groups in total. The van der Waals surface area contributed by atoms with Gasteiger partial charge in [0.05, 0.1) is 5.69 Å². The lowest BCUT2D eigenvalue weighted by molar-refractivity contribution is 0.0949. The molecule has 0 atom stereocenters. The maximum Gasteiger partial charge on any atom is 0.269 e. The number of nitrogens with zero attached hydrogens (tertiary/aromatic N) is 2. The molecule has 0 aliphatic carbocycles. The van der Waals surface area contributed by atoms with Crippen molar-refractivity contribution in [3.63, 3.8) is 0 Å². The average Bonchev–Trinajstić information content (AvgIpc) is 3.20. The average molecular weight is 298 g/mol. The monoisotopic (exact) mass is 298 g/mol. The zero-order chi connectivity index (χ0) is 14.5. The van der Waals surface area contributed by atoms with Crippen molar-refractivity contribution in [1.29, 1.82) is 0 Å². The molecule has 0 unspecified atom stereocenters. The van der Waals surface area contributed by atoms with E-state index in [2.05, 4.69) is 26.6 Å². The van der Waals surface area contributed by atoms with Crippen LogP contribution in [0, 0.1) is 0 Å². The van der Waals surface area contributed by atoms with E-state index in [0.717, 1.165) is 12.0 Å². The molecule has 6 heteroatoms. The minimum absolute atomic E-state index is 0.144. The van der Waals surface area contributed by atoms with Crippen LogP contribution in [-0.4, -0.2) is 27.6 Å². The van der Waals surface area contributed by atoms with E-state index in [-0.39, 0.29) is 5.91 Å². The van der Waals surface area contributed by atoms with Crippen molar-refractivity contribution in [2.24, 2.45) is 0 Å². The maximum absolute atomic E-state index is 12.0. The number of aromatic amines is 1. The Balaban J connectivity index is 1.59. The van der Waals surface area contributed by atoms with E-state index in [1.54, 1.807) is 29.8 Å². The van der Waals surface area contributed by atoms with Crippen LogP contribution in [0.15, 0.2) is 48.1 Å². The minimum Gasteiger partial charge on any atom is -0.350 e. The van der Waals surface area contributed by atoms with Gasteiger partial charge < -0.3 is 5.32 Å². The van der Waals surface area contributed by atoms with E-state index in [1.807, 2.05) is 23.6 Å². The van der Waals surface area contributed by atoms with Gasteiger partial charge in [0.25, 0.3) is 5.91 Å². The zero-order valence-corrected chi connectivity index (χ0v) is 12.1. The highest BCUT2D eigenvalue weighted by Gasteiger charge is 2.10. The van der Waals surface area contributed by atoms with Gasteiger partial charge in [0.15, 0.2) is 0 Å². The Morgan fingerprint density at radius 3 is 3.05 bits per heavy atom. The third kappa shape index (κ3) is 3.35. The zero-order valence-electron chi connectivity index (χ0n) is 11.2. The van der Waals surface area contributed by atoms with Crippen LogP contribution in [0.25, 0.3) is 11.3 Å². The molecule has 0 saturated carbocycles. The molecule has 3 aromatic rings. The molecule has 0 saturated heterocycles. The second kappa shape index (κ2) is 6.32. The largest absolute Gasteiger partial charge is 0.350 e. The van der Waals surface area contributed by atoms with E-state index < -0.39 is 0 Å². The second-order valence-corrected chi connectivity index (χ2v) is 5.53. The van der Waals surface area contributed by atoms with Crippen molar-refractivity contribution in [2.75, 3.05) is 6.54 Å². The van der Waals surface area contributed by atoms with Crippen LogP contribution in [0.3, 0.4) is 0 Å². The van der Waals surface area contributed by atoms with Crippen molar-refractivity contribution >= 4 is 17.2 Å². The first kappa shape index (κ1) is 13.5. The number of hydrogen-bond acceptors (Lipinski definition) is 4. The van der Waals surface area contributed by atoms with Crippen LogP contribution in [0.1, 0.15) is 15.4 Å². The van der Waals surface area contributed by atoms with E-state index >= 15 is 0 Å². The Morgan fingerprint density at radius 2 is 2.29 bits per heavy atom. The molecule has 0 aromatic carbocycles. The fourth-order valence-corrected chi connectivity index (χ4v) is 2.66. The normalized spacial score (nSPS) is 10.5. The van der Waals surface area contributed by atoms with Gasteiger partial charge in [0.1, 0.15) is 5.69 Å². The predicted octanol–water partition coefficient (Wildman–Crippen LogP) is 2.51. The number of aromatic nitrogens is 3. The molecule has 3 rings (SSSR count). The number of hydrogen-bond donors (Lipinski definition) is 2. The van der Waals surface area contributed by atoms with Gasteiger partial charge in [-0.25, -0.2) is 0 Å². The predicted molar refractivity (Wildman–Crippen MR) is 82.2 cm³/mol. The van der Waals surface area contributed by atoms with Crippen molar-refractivity contribution in [2.45, 2.75) is 6.42 Å². The Morgan fingerprint density at radius 1 is 1.33 bits per heavy atom. The molecule has 0 radical (unpaired) electrons. The lowest BCUT2D eigenvalue weighted by atomic mass is 10.2. The number of carbonyl (C=O) groups is 1. The highest BCUT2D eigenvalue weighted by molar-refractivity contribution is 7.09. The van der Waals surface area contributed by atoms with E-state index in [9.17, 15) is 4.79 Å². The number of carbonyl (C=O) groups excluding carboxylic acids is 1. The molecule has 21 heavy (non-hydrogen) atoms. The summed E-state index contributed by atoms with van der Waals surface area (Å²) in [6, 6.07) is 9.55. The molecule has 0 fully saturated rings. The third-order valence-corrected chi connectivity index (χ3v) is 3.95. The van der Waals surface area contributed by atoms with Crippen molar-refractivity contribution in [3.05, 3.63) is 58.7 Å². The molecule has 3 aromatic heterocycles. The van der Waals surface area contributed by atoms with Crippen LogP contribution >= 0.6 is 11.3 Å². The molecular formula is C15H14N4OS. The van der Waals surface area contributed by atoms with Crippen molar-refractivity contribution < 1.29 is 4.79 Å². The number of rotatable bonds is 5. The summed E-state index contributed by atoms with van der Waals surface area (Å²) < 4.78 is 0. The highest BCUT2D eigenvalue weighted by atomic mass is 32.1. The molecular weight excluding hydrogens is 284 g/mol. The first-order chi connectivity index (χ1) is 10.3. The van der Waals surface area contributed by atoms with Gasteiger partial charge in [-0.1, -0.05) is 6.07 Å². The lowest BCUT2D eigenvalue weighted by Crippen LogP contribution is -2.25. The SMILES string of the molecule is O=C(NCCc1cccs1)c1cc(-c2cccnc2)n[nH]1. The summed E-state index contributed by atoms with van der Waals surface area (Å²) in [4.78, 5) is 17.3. The minimum atomic E-state index is -0.144. The summed E-state index contributed by atoms with van der Waals surface area (Å²) in [5.74, 6) is -0.144. The topological polar surface area (TPSA) is 70.7 Å². The van der Waals surface area contributed by atoms with Gasteiger partial charge in [-0.2, -0.15) is 5.10 Å². The quantitative estimate of drug-likeness (QED) is 0.760. The Kier molecular flexibility index (Phi) is 4.07. The number of H-pyrrole nitrogens is 1. The highest BCUT2D eigenvalue weighted by Crippen LogP contribution is 2.15.